The van der Waals surface area contributed by atoms with Crippen molar-refractivity contribution in [2.24, 2.45) is 0 Å². The molecule has 0 spiro atoms. The zero-order chi connectivity index (χ0) is 7.84. The van der Waals surface area contributed by atoms with E-state index in [2.05, 4.69) is 15.0 Å². The molecular weight excluding hydrogens is 166 g/mol. The molecule has 0 bridgehead atoms. The Morgan fingerprint density at radius 1 is 1.45 bits per heavy atom. The smallest absolute Gasteiger partial charge is 0.224 e. The van der Waals surface area contributed by atoms with Crippen molar-refractivity contribution in [1.82, 2.24) is 15.0 Å². The summed E-state index contributed by atoms with van der Waals surface area (Å²) in [6.45, 7) is 1.79. The Morgan fingerprint density at radius 2 is 2.27 bits per heavy atom. The van der Waals surface area contributed by atoms with Crippen LogP contribution in [0.2, 0.25) is 5.28 Å². The van der Waals surface area contributed by atoms with E-state index in [0.717, 1.165) is 0 Å². The number of oxazole rings is 1. The molecule has 0 radical (unpaired) electrons. The first kappa shape index (κ1) is 6.54. The quantitative estimate of drug-likeness (QED) is 0.562. The maximum atomic E-state index is 5.58. The fourth-order valence-corrected chi connectivity index (χ4v) is 1.08. The largest absolute Gasteiger partial charge is 0.440 e. The molecule has 11 heavy (non-hydrogen) atoms. The van der Waals surface area contributed by atoms with Crippen LogP contribution in [0.25, 0.3) is 11.2 Å². The number of hydrogen-bond acceptors (Lipinski definition) is 4. The van der Waals surface area contributed by atoms with Gasteiger partial charge in [0.25, 0.3) is 0 Å². The van der Waals surface area contributed by atoms with Gasteiger partial charge in [0.05, 0.1) is 5.69 Å². The van der Waals surface area contributed by atoms with Crippen molar-refractivity contribution < 1.29 is 4.42 Å². The average molecular weight is 170 g/mol. The summed E-state index contributed by atoms with van der Waals surface area (Å²) in [5, 5.41) is 0.198. The summed E-state index contributed by atoms with van der Waals surface area (Å²) >= 11 is 5.58. The van der Waals surface area contributed by atoms with Gasteiger partial charge in [-0.1, -0.05) is 0 Å². The lowest BCUT2D eigenvalue weighted by molar-refractivity contribution is 0.597. The van der Waals surface area contributed by atoms with Crippen LogP contribution in [0, 0.1) is 6.92 Å². The molecule has 5 heteroatoms. The molecule has 2 aromatic rings. The molecule has 2 rings (SSSR count). The molecule has 2 heterocycles. The third-order valence-electron chi connectivity index (χ3n) is 1.34. The standard InChI is InChI=1S/C6H4ClN3O/c1-3-4-5(8-2-11-4)10-6(7)9-3/h2H,1H3. The first-order chi connectivity index (χ1) is 5.27. The Labute approximate surface area is 67.2 Å². The van der Waals surface area contributed by atoms with E-state index in [1.165, 1.54) is 6.39 Å². The van der Waals surface area contributed by atoms with Crippen LogP contribution in [-0.2, 0) is 0 Å². The molecule has 0 fully saturated rings. The van der Waals surface area contributed by atoms with E-state index in [0.29, 0.717) is 16.9 Å². The monoisotopic (exact) mass is 169 g/mol. The third kappa shape index (κ3) is 0.952. The SMILES string of the molecule is Cc1nc(Cl)nc2ncoc12. The minimum atomic E-state index is 0.198. The molecule has 0 saturated heterocycles. The molecule has 2 aromatic heterocycles. The van der Waals surface area contributed by atoms with E-state index in [-0.39, 0.29) is 5.28 Å². The van der Waals surface area contributed by atoms with Crippen molar-refractivity contribution in [3.63, 3.8) is 0 Å². The van der Waals surface area contributed by atoms with Crippen molar-refractivity contribution in [2.75, 3.05) is 0 Å². The lowest BCUT2D eigenvalue weighted by Gasteiger charge is -1.91. The van der Waals surface area contributed by atoms with Gasteiger partial charge in [-0.25, -0.2) is 4.98 Å². The zero-order valence-electron chi connectivity index (χ0n) is 5.71. The normalized spacial score (nSPS) is 10.7. The summed E-state index contributed by atoms with van der Waals surface area (Å²) in [7, 11) is 0. The third-order valence-corrected chi connectivity index (χ3v) is 1.50. The van der Waals surface area contributed by atoms with Crippen LogP contribution in [0.3, 0.4) is 0 Å². The zero-order valence-corrected chi connectivity index (χ0v) is 6.46. The number of halogens is 1. The molecule has 56 valence electrons. The summed E-state index contributed by atoms with van der Waals surface area (Å²) < 4.78 is 5.01. The highest BCUT2D eigenvalue weighted by Crippen LogP contribution is 2.14. The topological polar surface area (TPSA) is 51.8 Å². The molecule has 0 amide bonds. The van der Waals surface area contributed by atoms with Crippen LogP contribution in [0.5, 0.6) is 0 Å². The molecule has 4 nitrogen and oxygen atoms in total. The highest BCUT2D eigenvalue weighted by Gasteiger charge is 2.05. The van der Waals surface area contributed by atoms with E-state index in [1.807, 2.05) is 0 Å². The van der Waals surface area contributed by atoms with Crippen LogP contribution < -0.4 is 0 Å². The minimum Gasteiger partial charge on any atom is -0.440 e. The summed E-state index contributed by atoms with van der Waals surface area (Å²) in [5.41, 5.74) is 1.80. The molecule has 0 N–H and O–H groups in total. The van der Waals surface area contributed by atoms with Crippen LogP contribution in [0.4, 0.5) is 0 Å². The fraction of sp³-hybridized carbons (Fsp3) is 0.167. The van der Waals surface area contributed by atoms with E-state index in [4.69, 9.17) is 16.0 Å². The number of rotatable bonds is 0. The maximum absolute atomic E-state index is 5.58. The summed E-state index contributed by atoms with van der Waals surface area (Å²) in [4.78, 5) is 11.6. The van der Waals surface area contributed by atoms with Crippen molar-refractivity contribution in [2.45, 2.75) is 6.92 Å². The number of fused-ring (bicyclic) bond motifs is 1. The van der Waals surface area contributed by atoms with Gasteiger partial charge in [0.15, 0.2) is 12.0 Å². The number of hydrogen-bond donors (Lipinski definition) is 0. The Balaban J connectivity index is 2.91. The van der Waals surface area contributed by atoms with E-state index >= 15 is 0 Å². The van der Waals surface area contributed by atoms with Gasteiger partial charge in [-0.3, -0.25) is 0 Å². The summed E-state index contributed by atoms with van der Waals surface area (Å²) in [6, 6.07) is 0. The molecular formula is C6H4ClN3O. The predicted octanol–water partition coefficient (Wildman–Crippen LogP) is 1.58. The average Bonchev–Trinajstić information content (AvgIpc) is 2.34. The number of aryl methyl sites for hydroxylation is 1. The fourth-order valence-electron chi connectivity index (χ4n) is 0.869. The van der Waals surface area contributed by atoms with Gasteiger partial charge in [-0.05, 0) is 18.5 Å². The molecule has 0 aliphatic carbocycles. The van der Waals surface area contributed by atoms with Gasteiger partial charge in [0.2, 0.25) is 10.9 Å². The molecule has 0 saturated carbocycles. The van der Waals surface area contributed by atoms with Crippen molar-refractivity contribution >= 4 is 22.8 Å². The van der Waals surface area contributed by atoms with Gasteiger partial charge >= 0.3 is 0 Å². The molecule has 0 aromatic carbocycles. The van der Waals surface area contributed by atoms with Gasteiger partial charge in [-0.2, -0.15) is 9.97 Å². The highest BCUT2D eigenvalue weighted by atomic mass is 35.5. The molecule has 0 unspecified atom stereocenters. The number of nitrogens with zero attached hydrogens (tertiary/aromatic N) is 3. The van der Waals surface area contributed by atoms with Gasteiger partial charge in [0, 0.05) is 0 Å². The second kappa shape index (κ2) is 2.17. The van der Waals surface area contributed by atoms with Crippen LogP contribution >= 0.6 is 11.6 Å². The molecule has 0 aliphatic rings. The van der Waals surface area contributed by atoms with Crippen molar-refractivity contribution in [1.29, 1.82) is 0 Å². The van der Waals surface area contributed by atoms with Crippen molar-refractivity contribution in [3.8, 4) is 0 Å². The van der Waals surface area contributed by atoms with Gasteiger partial charge in [0.1, 0.15) is 0 Å². The Kier molecular flexibility index (Phi) is 1.29. The Hall–Kier alpha value is -1.16. The van der Waals surface area contributed by atoms with Crippen LogP contribution in [0.1, 0.15) is 5.69 Å². The van der Waals surface area contributed by atoms with E-state index < -0.39 is 0 Å². The maximum Gasteiger partial charge on any atom is 0.224 e. The van der Waals surface area contributed by atoms with Gasteiger partial charge < -0.3 is 4.42 Å². The van der Waals surface area contributed by atoms with E-state index in [9.17, 15) is 0 Å². The summed E-state index contributed by atoms with van der Waals surface area (Å²) in [5.74, 6) is 0. The second-order valence-corrected chi connectivity index (χ2v) is 2.42. The first-order valence-electron chi connectivity index (χ1n) is 3.01. The Bertz CT molecular complexity index is 398. The minimum absolute atomic E-state index is 0.198. The summed E-state index contributed by atoms with van der Waals surface area (Å²) in [6.07, 6.45) is 1.32. The lowest BCUT2D eigenvalue weighted by atomic mass is 10.4. The Morgan fingerprint density at radius 3 is 3.09 bits per heavy atom. The number of aromatic nitrogens is 3. The van der Waals surface area contributed by atoms with E-state index in [1.54, 1.807) is 6.92 Å². The highest BCUT2D eigenvalue weighted by molar-refractivity contribution is 6.28. The predicted molar refractivity (Wildman–Crippen MR) is 39.3 cm³/mol. The lowest BCUT2D eigenvalue weighted by Crippen LogP contribution is -1.87. The molecule has 0 aliphatic heterocycles. The molecule has 0 atom stereocenters. The van der Waals surface area contributed by atoms with Crippen molar-refractivity contribution in [3.05, 3.63) is 17.4 Å². The first-order valence-corrected chi connectivity index (χ1v) is 3.38. The van der Waals surface area contributed by atoms with Gasteiger partial charge in [-0.15, -0.1) is 0 Å². The second-order valence-electron chi connectivity index (χ2n) is 2.08. The van der Waals surface area contributed by atoms with Crippen LogP contribution in [0.15, 0.2) is 10.8 Å². The van der Waals surface area contributed by atoms with Crippen LogP contribution in [-0.4, -0.2) is 15.0 Å².